The predicted octanol–water partition coefficient (Wildman–Crippen LogP) is 0.997. The van der Waals surface area contributed by atoms with Crippen molar-refractivity contribution in [3.8, 4) is 0 Å². The van der Waals surface area contributed by atoms with E-state index in [-0.39, 0.29) is 11.9 Å². The van der Waals surface area contributed by atoms with Crippen LogP contribution >= 0.6 is 11.5 Å². The van der Waals surface area contributed by atoms with Crippen LogP contribution in [0.4, 0.5) is 5.13 Å². The second-order valence-electron chi connectivity index (χ2n) is 6.18. The van der Waals surface area contributed by atoms with Crippen LogP contribution in [0.2, 0.25) is 0 Å². The van der Waals surface area contributed by atoms with Crippen molar-refractivity contribution in [3.63, 3.8) is 0 Å². The number of carbonyl (C=O) groups is 1. The van der Waals surface area contributed by atoms with Gasteiger partial charge in [-0.2, -0.15) is 9.47 Å². The molecular weight excluding hydrogens is 326 g/mol. The molecule has 0 aliphatic carbocycles. The second kappa shape index (κ2) is 7.27. The van der Waals surface area contributed by atoms with Crippen LogP contribution in [0.25, 0.3) is 0 Å². The minimum atomic E-state index is -0.149. The first kappa shape index (κ1) is 16.8. The molecule has 1 amide bonds. The van der Waals surface area contributed by atoms with Gasteiger partial charge in [0.25, 0.3) is 5.91 Å². The molecule has 0 spiro atoms. The highest BCUT2D eigenvalue weighted by Gasteiger charge is 2.23. The summed E-state index contributed by atoms with van der Waals surface area (Å²) in [5, 5.41) is 7.95. The molecular formula is C15H23N7OS. The summed E-state index contributed by atoms with van der Waals surface area (Å²) >= 11 is 1.43. The molecule has 3 rings (SSSR count). The number of nitrogens with one attached hydrogen (secondary N) is 1. The summed E-state index contributed by atoms with van der Waals surface area (Å²) in [6.45, 7) is 2.69. The van der Waals surface area contributed by atoms with E-state index in [1.165, 1.54) is 11.5 Å². The minimum Gasteiger partial charge on any atom is -0.354 e. The van der Waals surface area contributed by atoms with Crippen molar-refractivity contribution >= 4 is 22.6 Å². The van der Waals surface area contributed by atoms with E-state index in [0.717, 1.165) is 43.4 Å². The Morgan fingerprint density at radius 3 is 3.04 bits per heavy atom. The van der Waals surface area contributed by atoms with Gasteiger partial charge < -0.3 is 10.2 Å². The average molecular weight is 349 g/mol. The lowest BCUT2D eigenvalue weighted by molar-refractivity contribution is 0.0955. The van der Waals surface area contributed by atoms with E-state index in [1.807, 2.05) is 29.9 Å². The van der Waals surface area contributed by atoms with Crippen molar-refractivity contribution in [2.24, 2.45) is 0 Å². The van der Waals surface area contributed by atoms with Crippen molar-refractivity contribution in [2.45, 2.75) is 25.4 Å². The molecule has 0 unspecified atom stereocenters. The summed E-state index contributed by atoms with van der Waals surface area (Å²) in [5.41, 5.74) is 0.464. The molecule has 2 aromatic rings. The molecule has 9 heteroatoms. The van der Waals surface area contributed by atoms with Crippen molar-refractivity contribution < 1.29 is 4.79 Å². The molecule has 0 saturated carbocycles. The summed E-state index contributed by atoms with van der Waals surface area (Å²) in [6, 6.07) is 2.05. The molecule has 2 aromatic heterocycles. The fraction of sp³-hybridized carbons (Fsp3) is 0.600. The molecule has 1 aliphatic heterocycles. The highest BCUT2D eigenvalue weighted by Crippen LogP contribution is 2.23. The highest BCUT2D eigenvalue weighted by molar-refractivity contribution is 7.09. The van der Waals surface area contributed by atoms with Gasteiger partial charge in [-0.1, -0.05) is 0 Å². The topological polar surface area (TPSA) is 79.2 Å². The molecule has 1 fully saturated rings. The summed E-state index contributed by atoms with van der Waals surface area (Å²) in [5.74, 6) is 0.722. The van der Waals surface area contributed by atoms with Crippen LogP contribution < -0.4 is 10.2 Å². The van der Waals surface area contributed by atoms with E-state index in [9.17, 15) is 4.79 Å². The Morgan fingerprint density at radius 2 is 2.33 bits per heavy atom. The first-order valence-electron chi connectivity index (χ1n) is 8.06. The van der Waals surface area contributed by atoms with Gasteiger partial charge in [-0.25, -0.2) is 4.98 Å². The third-order valence-corrected chi connectivity index (χ3v) is 5.05. The summed E-state index contributed by atoms with van der Waals surface area (Å²) in [4.78, 5) is 20.5. The summed E-state index contributed by atoms with van der Waals surface area (Å²) < 4.78 is 6.35. The van der Waals surface area contributed by atoms with Crippen molar-refractivity contribution in [2.75, 3.05) is 39.1 Å². The van der Waals surface area contributed by atoms with E-state index >= 15 is 0 Å². The number of rotatable bonds is 5. The van der Waals surface area contributed by atoms with Crippen molar-refractivity contribution in [1.82, 2.24) is 29.4 Å². The maximum absolute atomic E-state index is 11.7. The van der Waals surface area contributed by atoms with Crippen LogP contribution in [0.15, 0.2) is 12.3 Å². The Morgan fingerprint density at radius 1 is 1.50 bits per heavy atom. The van der Waals surface area contributed by atoms with Crippen LogP contribution in [0, 0.1) is 0 Å². The van der Waals surface area contributed by atoms with Crippen LogP contribution in [-0.2, 0) is 6.54 Å². The highest BCUT2D eigenvalue weighted by atomic mass is 32.1. The van der Waals surface area contributed by atoms with E-state index in [1.54, 1.807) is 13.1 Å². The van der Waals surface area contributed by atoms with Gasteiger partial charge in [0, 0.05) is 45.4 Å². The second-order valence-corrected chi connectivity index (χ2v) is 6.91. The molecule has 0 bridgehead atoms. The van der Waals surface area contributed by atoms with Crippen LogP contribution in [-0.4, -0.2) is 64.2 Å². The number of piperidine rings is 1. The largest absolute Gasteiger partial charge is 0.354 e. The number of amides is 1. The Hall–Kier alpha value is -2.00. The van der Waals surface area contributed by atoms with Crippen LogP contribution in [0.5, 0.6) is 0 Å². The van der Waals surface area contributed by atoms with Gasteiger partial charge >= 0.3 is 0 Å². The predicted molar refractivity (Wildman–Crippen MR) is 93.4 cm³/mol. The minimum absolute atomic E-state index is 0.149. The van der Waals surface area contributed by atoms with E-state index in [4.69, 9.17) is 0 Å². The van der Waals surface area contributed by atoms with Gasteiger partial charge in [-0.3, -0.25) is 14.4 Å². The zero-order valence-corrected chi connectivity index (χ0v) is 15.1. The van der Waals surface area contributed by atoms with E-state index in [2.05, 4.69) is 24.7 Å². The lowest BCUT2D eigenvalue weighted by Crippen LogP contribution is -2.36. The third-order valence-electron chi connectivity index (χ3n) is 4.13. The molecule has 1 aliphatic rings. The van der Waals surface area contributed by atoms with Crippen molar-refractivity contribution in [1.29, 1.82) is 0 Å². The maximum Gasteiger partial charge on any atom is 0.271 e. The number of likely N-dealkylation sites (tertiary alicyclic amines) is 1. The maximum atomic E-state index is 11.7. The molecule has 8 nitrogen and oxygen atoms in total. The lowest BCUT2D eigenvalue weighted by atomic mass is 10.1. The standard InChI is InChI=1S/C15H23N7OS/c1-16-14(23)12-6-8-22(18-12)11-5-4-7-21(9-11)10-13-17-15(20(2)3)24-19-13/h6,8,11H,4-5,7,9-10H2,1-3H3,(H,16,23)/t11-/m1/s1. The molecule has 0 radical (unpaired) electrons. The van der Waals surface area contributed by atoms with Crippen LogP contribution in [0.1, 0.15) is 35.2 Å². The Bertz CT molecular complexity index is 696. The van der Waals surface area contributed by atoms with E-state index < -0.39 is 0 Å². The number of aromatic nitrogens is 4. The molecule has 130 valence electrons. The number of nitrogens with zero attached hydrogens (tertiary/aromatic N) is 6. The Labute approximate surface area is 145 Å². The number of hydrogen-bond donors (Lipinski definition) is 1. The third kappa shape index (κ3) is 3.73. The average Bonchev–Trinajstić information content (AvgIpc) is 3.24. The molecule has 1 N–H and O–H groups in total. The molecule has 1 atom stereocenters. The fourth-order valence-corrected chi connectivity index (χ4v) is 3.47. The quantitative estimate of drug-likeness (QED) is 0.867. The van der Waals surface area contributed by atoms with E-state index in [0.29, 0.717) is 5.69 Å². The van der Waals surface area contributed by atoms with Gasteiger partial charge in [-0.05, 0) is 25.5 Å². The fourth-order valence-electron chi connectivity index (χ4n) is 2.87. The zero-order valence-electron chi connectivity index (χ0n) is 14.3. The summed E-state index contributed by atoms with van der Waals surface area (Å²) in [7, 11) is 5.57. The monoisotopic (exact) mass is 349 g/mol. The lowest BCUT2D eigenvalue weighted by Gasteiger charge is -2.32. The summed E-state index contributed by atoms with van der Waals surface area (Å²) in [6.07, 6.45) is 4.06. The Kier molecular flexibility index (Phi) is 5.10. The molecule has 24 heavy (non-hydrogen) atoms. The van der Waals surface area contributed by atoms with Gasteiger partial charge in [0.05, 0.1) is 12.6 Å². The van der Waals surface area contributed by atoms with Gasteiger partial charge in [-0.15, -0.1) is 0 Å². The van der Waals surface area contributed by atoms with Crippen molar-refractivity contribution in [3.05, 3.63) is 23.8 Å². The number of hydrogen-bond acceptors (Lipinski definition) is 7. The first-order valence-corrected chi connectivity index (χ1v) is 8.83. The molecule has 0 aromatic carbocycles. The van der Waals surface area contributed by atoms with Crippen LogP contribution in [0.3, 0.4) is 0 Å². The number of carbonyl (C=O) groups excluding carboxylic acids is 1. The van der Waals surface area contributed by atoms with Gasteiger partial charge in [0.15, 0.2) is 5.82 Å². The normalized spacial score (nSPS) is 18.5. The SMILES string of the molecule is CNC(=O)c1ccn([C@@H]2CCCN(Cc3nsc(N(C)C)n3)C2)n1. The smallest absolute Gasteiger partial charge is 0.271 e. The number of anilines is 1. The van der Waals surface area contributed by atoms with Gasteiger partial charge in [0.2, 0.25) is 5.13 Å². The zero-order chi connectivity index (χ0) is 17.1. The Balaban J connectivity index is 1.63. The van der Waals surface area contributed by atoms with Gasteiger partial charge in [0.1, 0.15) is 5.69 Å². The molecule has 1 saturated heterocycles. The first-order chi connectivity index (χ1) is 11.6. The molecule has 3 heterocycles.